The minimum Gasteiger partial charge on any atom is -0.456 e. The lowest BCUT2D eigenvalue weighted by atomic mass is 9.77. The first-order valence-electron chi connectivity index (χ1n) is 15.8. The van der Waals surface area contributed by atoms with Crippen molar-refractivity contribution in [2.45, 2.75) is 46.4 Å². The normalized spacial score (nSPS) is 16.0. The summed E-state index contributed by atoms with van der Waals surface area (Å²) in [6.45, 7) is 11.7. The van der Waals surface area contributed by atoms with E-state index >= 15 is 0 Å². The highest BCUT2D eigenvalue weighted by Gasteiger charge is 2.53. The molecule has 0 aromatic heterocycles. The zero-order chi connectivity index (χ0) is 31.1. The molecule has 5 aromatic rings. The molecule has 226 valence electrons. The number of esters is 1. The Morgan fingerprint density at radius 3 is 1.84 bits per heavy atom. The Labute approximate surface area is 265 Å². The van der Waals surface area contributed by atoms with Crippen molar-refractivity contribution in [3.63, 3.8) is 0 Å². The lowest BCUT2D eigenvalue weighted by molar-refractivity contribution is 0.0224. The van der Waals surface area contributed by atoms with Crippen molar-refractivity contribution < 1.29 is 14.3 Å². The molecule has 1 atom stereocenters. The van der Waals surface area contributed by atoms with Crippen LogP contribution in [0.1, 0.15) is 63.1 Å². The summed E-state index contributed by atoms with van der Waals surface area (Å²) in [4.78, 5) is 18.2. The van der Waals surface area contributed by atoms with Gasteiger partial charge >= 0.3 is 5.97 Å². The molecule has 2 heterocycles. The van der Waals surface area contributed by atoms with Gasteiger partial charge in [-0.25, -0.2) is 4.79 Å². The van der Waals surface area contributed by atoms with Crippen molar-refractivity contribution in [1.29, 1.82) is 0 Å². The molecule has 0 N–H and O–H groups in total. The highest BCUT2D eigenvalue weighted by Crippen LogP contribution is 2.57. The molecule has 0 aliphatic carbocycles. The van der Waals surface area contributed by atoms with Gasteiger partial charge in [-0.05, 0) is 75.2 Å². The molecule has 5 nitrogen and oxygen atoms in total. The third-order valence-corrected chi connectivity index (χ3v) is 9.16. The summed E-state index contributed by atoms with van der Waals surface area (Å²) >= 11 is 0. The number of carbonyl (C=O) groups is 1. The number of carbonyl (C=O) groups excluding carboxylic acids is 1. The van der Waals surface area contributed by atoms with Crippen LogP contribution in [-0.2, 0) is 23.4 Å². The number of rotatable bonds is 8. The number of aryl methyl sites for hydroxylation is 2. The van der Waals surface area contributed by atoms with Crippen LogP contribution in [0.4, 0.5) is 11.4 Å². The van der Waals surface area contributed by atoms with Gasteiger partial charge in [0.25, 0.3) is 0 Å². The van der Waals surface area contributed by atoms with Gasteiger partial charge in [0.15, 0.2) is 5.60 Å². The van der Waals surface area contributed by atoms with Crippen molar-refractivity contribution in [3.8, 4) is 11.5 Å². The zero-order valence-corrected chi connectivity index (χ0v) is 26.3. The predicted octanol–water partition coefficient (Wildman–Crippen LogP) is 8.92. The van der Waals surface area contributed by atoms with Gasteiger partial charge in [-0.1, -0.05) is 77.9 Å². The molecule has 0 amide bonds. The molecule has 0 fully saturated rings. The van der Waals surface area contributed by atoms with Crippen LogP contribution in [0.25, 0.3) is 0 Å². The molecule has 0 saturated carbocycles. The highest BCUT2D eigenvalue weighted by atomic mass is 16.6. The fraction of sp³-hybridized carbons (Fsp3) is 0.225. The van der Waals surface area contributed by atoms with Gasteiger partial charge < -0.3 is 19.3 Å². The van der Waals surface area contributed by atoms with E-state index in [0.717, 1.165) is 54.2 Å². The average molecular weight is 595 g/mol. The average Bonchev–Trinajstić information content (AvgIpc) is 3.35. The first-order valence-corrected chi connectivity index (χ1v) is 15.8. The quantitative estimate of drug-likeness (QED) is 0.168. The van der Waals surface area contributed by atoms with Crippen LogP contribution in [0.5, 0.6) is 11.5 Å². The minimum atomic E-state index is -1.12. The van der Waals surface area contributed by atoms with E-state index in [2.05, 4.69) is 116 Å². The van der Waals surface area contributed by atoms with Gasteiger partial charge in [-0.15, -0.1) is 0 Å². The van der Waals surface area contributed by atoms with E-state index < -0.39 is 5.60 Å². The second-order valence-electron chi connectivity index (χ2n) is 12.1. The molecule has 0 bridgehead atoms. The van der Waals surface area contributed by atoms with Crippen molar-refractivity contribution in [2.75, 3.05) is 22.9 Å². The first-order chi connectivity index (χ1) is 21.9. The number of ether oxygens (including phenoxy) is 2. The fourth-order valence-electron chi connectivity index (χ4n) is 6.70. The van der Waals surface area contributed by atoms with E-state index in [1.165, 1.54) is 22.3 Å². The summed E-state index contributed by atoms with van der Waals surface area (Å²) < 4.78 is 13.2. The zero-order valence-electron chi connectivity index (χ0n) is 26.3. The van der Waals surface area contributed by atoms with E-state index in [1.807, 2.05) is 30.3 Å². The van der Waals surface area contributed by atoms with Gasteiger partial charge in [-0.3, -0.25) is 0 Å². The van der Waals surface area contributed by atoms with Gasteiger partial charge in [0.05, 0.1) is 5.56 Å². The number of benzene rings is 5. The Morgan fingerprint density at radius 1 is 0.600 bits per heavy atom. The van der Waals surface area contributed by atoms with E-state index in [-0.39, 0.29) is 5.97 Å². The molecule has 2 aliphatic rings. The molecule has 0 saturated heterocycles. The maximum absolute atomic E-state index is 13.5. The highest BCUT2D eigenvalue weighted by molar-refractivity contribution is 5.97. The summed E-state index contributed by atoms with van der Waals surface area (Å²) in [5.41, 5.74) is 9.02. The van der Waals surface area contributed by atoms with Crippen LogP contribution >= 0.6 is 0 Å². The van der Waals surface area contributed by atoms with Crippen molar-refractivity contribution in [3.05, 3.63) is 154 Å². The molecule has 2 aliphatic heterocycles. The lowest BCUT2D eigenvalue weighted by Gasteiger charge is -2.38. The van der Waals surface area contributed by atoms with Crippen LogP contribution in [0, 0.1) is 13.8 Å². The van der Waals surface area contributed by atoms with Crippen molar-refractivity contribution in [1.82, 2.24) is 0 Å². The van der Waals surface area contributed by atoms with Crippen LogP contribution in [-0.4, -0.2) is 19.1 Å². The lowest BCUT2D eigenvalue weighted by Crippen LogP contribution is -2.34. The number of fused-ring (bicyclic) bond motifs is 6. The molecular formula is C40H38N2O3. The molecular weight excluding hydrogens is 556 g/mol. The SMILES string of the molecule is CCN(CC)c1ccc2c(c1)Oc1ccc(N(Cc3ccc(C)cc3)Cc3ccc(C)cc3)cc1C21OC(=O)c2ccccc21. The van der Waals surface area contributed by atoms with Crippen molar-refractivity contribution >= 4 is 17.3 Å². The van der Waals surface area contributed by atoms with Gasteiger partial charge in [0, 0.05) is 60.3 Å². The maximum Gasteiger partial charge on any atom is 0.340 e. The number of nitrogens with zero attached hydrogens (tertiary/aromatic N) is 2. The van der Waals surface area contributed by atoms with Crippen LogP contribution in [0.15, 0.2) is 109 Å². The summed E-state index contributed by atoms with van der Waals surface area (Å²) in [7, 11) is 0. The molecule has 7 rings (SSSR count). The first kappa shape index (κ1) is 28.7. The molecule has 1 spiro atoms. The third kappa shape index (κ3) is 5.02. The Bertz CT molecular complexity index is 1830. The molecule has 45 heavy (non-hydrogen) atoms. The smallest absolute Gasteiger partial charge is 0.340 e. The number of hydrogen-bond acceptors (Lipinski definition) is 5. The van der Waals surface area contributed by atoms with E-state index in [9.17, 15) is 4.79 Å². The molecule has 5 heteroatoms. The monoisotopic (exact) mass is 594 g/mol. The summed E-state index contributed by atoms with van der Waals surface area (Å²) in [5, 5.41) is 0. The minimum absolute atomic E-state index is 0.321. The van der Waals surface area contributed by atoms with Crippen LogP contribution in [0.2, 0.25) is 0 Å². The summed E-state index contributed by atoms with van der Waals surface area (Å²) in [6.07, 6.45) is 0. The maximum atomic E-state index is 13.5. The topological polar surface area (TPSA) is 42.0 Å². The number of hydrogen-bond donors (Lipinski definition) is 0. The van der Waals surface area contributed by atoms with Gasteiger partial charge in [-0.2, -0.15) is 0 Å². The predicted molar refractivity (Wildman–Crippen MR) is 181 cm³/mol. The molecule has 5 aromatic carbocycles. The van der Waals surface area contributed by atoms with E-state index in [4.69, 9.17) is 9.47 Å². The second kappa shape index (κ2) is 11.5. The standard InChI is InChI=1S/C40H38N2O3/c1-5-41(6-2)32-19-21-35-38(24-32)44-37-22-20-31(23-36(37)40(35)34-10-8-7-9-33(34)39(43)45-40)42(25-29-15-11-27(3)12-16-29)26-30-17-13-28(4)14-18-30/h7-24H,5-6,25-26H2,1-4H3. The summed E-state index contributed by atoms with van der Waals surface area (Å²) in [5.74, 6) is 1.08. The molecule has 1 unspecified atom stereocenters. The summed E-state index contributed by atoms with van der Waals surface area (Å²) in [6, 6.07) is 37.7. The third-order valence-electron chi connectivity index (χ3n) is 9.16. The van der Waals surface area contributed by atoms with E-state index in [0.29, 0.717) is 17.1 Å². The van der Waals surface area contributed by atoms with Crippen molar-refractivity contribution in [2.24, 2.45) is 0 Å². The van der Waals surface area contributed by atoms with Gasteiger partial charge in [0.2, 0.25) is 0 Å². The Morgan fingerprint density at radius 2 is 1.20 bits per heavy atom. The molecule has 0 radical (unpaired) electrons. The Balaban J connectivity index is 1.38. The Kier molecular flexibility index (Phi) is 7.33. The largest absolute Gasteiger partial charge is 0.456 e. The fourth-order valence-corrected chi connectivity index (χ4v) is 6.70. The second-order valence-corrected chi connectivity index (χ2v) is 12.1. The van der Waals surface area contributed by atoms with Crippen LogP contribution in [0.3, 0.4) is 0 Å². The number of anilines is 2. The van der Waals surface area contributed by atoms with Crippen LogP contribution < -0.4 is 14.5 Å². The van der Waals surface area contributed by atoms with E-state index in [1.54, 1.807) is 0 Å². The van der Waals surface area contributed by atoms with Gasteiger partial charge in [0.1, 0.15) is 11.5 Å². The Hall–Kier alpha value is -5.03.